The highest BCUT2D eigenvalue weighted by atomic mass is 32.2. The molecule has 0 saturated carbocycles. The molecule has 26 heavy (non-hydrogen) atoms. The minimum atomic E-state index is -3.57. The number of hydrogen-bond donors (Lipinski definition) is 0. The Labute approximate surface area is 154 Å². The molecular weight excluding hydrogens is 356 g/mol. The van der Waals surface area contributed by atoms with E-state index in [-0.39, 0.29) is 12.5 Å². The standard InChI is InChI=1S/C18H26N2O5S/c1-14-10-15(2)12-16(11-14)20(26(3,22)23)13-17(21)19-6-4-18(5-7-19)24-8-9-25-18/h10-12H,4-9,13H2,1-3H3. The fraction of sp³-hybridized carbons (Fsp3) is 0.611. The van der Waals surface area contributed by atoms with Gasteiger partial charge in [0.05, 0.1) is 25.2 Å². The molecule has 2 fully saturated rings. The van der Waals surface area contributed by atoms with Crippen molar-refractivity contribution in [2.45, 2.75) is 32.5 Å². The van der Waals surface area contributed by atoms with Gasteiger partial charge in [-0.3, -0.25) is 9.10 Å². The molecule has 0 bridgehead atoms. The SMILES string of the molecule is Cc1cc(C)cc(N(CC(=O)N2CCC3(CC2)OCCO3)S(C)(=O)=O)c1. The molecule has 2 aliphatic heterocycles. The summed E-state index contributed by atoms with van der Waals surface area (Å²) in [7, 11) is -3.57. The number of carbonyl (C=O) groups is 1. The zero-order valence-corrected chi connectivity index (χ0v) is 16.3. The van der Waals surface area contributed by atoms with E-state index in [1.165, 1.54) is 4.31 Å². The summed E-state index contributed by atoms with van der Waals surface area (Å²) in [5.74, 6) is -0.761. The van der Waals surface area contributed by atoms with E-state index in [9.17, 15) is 13.2 Å². The van der Waals surface area contributed by atoms with Crippen LogP contribution in [0.5, 0.6) is 0 Å². The summed E-state index contributed by atoms with van der Waals surface area (Å²) in [5, 5.41) is 0. The van der Waals surface area contributed by atoms with Crippen molar-refractivity contribution in [2.24, 2.45) is 0 Å². The van der Waals surface area contributed by atoms with Crippen molar-refractivity contribution in [3.8, 4) is 0 Å². The van der Waals surface area contributed by atoms with Gasteiger partial charge < -0.3 is 14.4 Å². The minimum absolute atomic E-state index is 0.198. The molecule has 1 spiro atoms. The lowest BCUT2D eigenvalue weighted by atomic mass is 10.0. The maximum absolute atomic E-state index is 12.7. The second-order valence-corrected chi connectivity index (χ2v) is 9.01. The fourth-order valence-corrected chi connectivity index (χ4v) is 4.43. The molecule has 2 aliphatic rings. The van der Waals surface area contributed by atoms with E-state index in [0.29, 0.717) is 44.8 Å². The van der Waals surface area contributed by atoms with Gasteiger partial charge in [-0.2, -0.15) is 0 Å². The van der Waals surface area contributed by atoms with Crippen molar-refractivity contribution < 1.29 is 22.7 Å². The van der Waals surface area contributed by atoms with Crippen LogP contribution < -0.4 is 4.31 Å². The number of hydrogen-bond acceptors (Lipinski definition) is 5. The van der Waals surface area contributed by atoms with Crippen molar-refractivity contribution in [3.63, 3.8) is 0 Å². The number of rotatable bonds is 4. The number of carbonyl (C=O) groups excluding carboxylic acids is 1. The third-order valence-electron chi connectivity index (χ3n) is 4.87. The minimum Gasteiger partial charge on any atom is -0.347 e. The highest BCUT2D eigenvalue weighted by Crippen LogP contribution is 2.31. The molecule has 2 heterocycles. The molecule has 0 N–H and O–H groups in total. The zero-order valence-electron chi connectivity index (χ0n) is 15.5. The van der Waals surface area contributed by atoms with Crippen LogP contribution in [0.2, 0.25) is 0 Å². The van der Waals surface area contributed by atoms with E-state index < -0.39 is 15.8 Å². The molecular formula is C18H26N2O5S. The number of likely N-dealkylation sites (tertiary alicyclic amines) is 1. The largest absolute Gasteiger partial charge is 0.347 e. The van der Waals surface area contributed by atoms with Crippen molar-refractivity contribution in [3.05, 3.63) is 29.3 Å². The van der Waals surface area contributed by atoms with Crippen LogP contribution in [0.1, 0.15) is 24.0 Å². The predicted octanol–water partition coefficient (Wildman–Crippen LogP) is 1.43. The average molecular weight is 382 g/mol. The van der Waals surface area contributed by atoms with Crippen molar-refractivity contribution >= 4 is 21.6 Å². The number of ether oxygens (including phenoxy) is 2. The fourth-order valence-electron chi connectivity index (χ4n) is 3.60. The zero-order chi connectivity index (χ0) is 18.9. The smallest absolute Gasteiger partial charge is 0.243 e. The first-order chi connectivity index (χ1) is 12.2. The van der Waals surface area contributed by atoms with E-state index in [4.69, 9.17) is 9.47 Å². The molecule has 1 aromatic rings. The van der Waals surface area contributed by atoms with Crippen molar-refractivity contribution in [2.75, 3.05) is 43.4 Å². The third kappa shape index (κ3) is 4.19. The second kappa shape index (κ2) is 7.17. The highest BCUT2D eigenvalue weighted by molar-refractivity contribution is 7.92. The first-order valence-corrected chi connectivity index (χ1v) is 10.7. The summed E-state index contributed by atoms with van der Waals surface area (Å²) in [6.45, 7) is 5.79. The summed E-state index contributed by atoms with van der Waals surface area (Å²) in [5.41, 5.74) is 2.43. The molecule has 3 rings (SSSR count). The Balaban J connectivity index is 1.72. The van der Waals surface area contributed by atoms with Gasteiger partial charge in [0.2, 0.25) is 15.9 Å². The molecule has 144 valence electrons. The van der Waals surface area contributed by atoms with E-state index in [0.717, 1.165) is 17.4 Å². The maximum atomic E-state index is 12.7. The first kappa shape index (κ1) is 19.1. The van der Waals surface area contributed by atoms with E-state index in [1.807, 2.05) is 19.9 Å². The lowest BCUT2D eigenvalue weighted by molar-refractivity contribution is -0.187. The van der Waals surface area contributed by atoms with Crippen LogP contribution in [0, 0.1) is 13.8 Å². The summed E-state index contributed by atoms with van der Waals surface area (Å²) >= 11 is 0. The van der Waals surface area contributed by atoms with Gasteiger partial charge in [0, 0.05) is 25.9 Å². The van der Waals surface area contributed by atoms with Crippen LogP contribution in [0.4, 0.5) is 5.69 Å². The van der Waals surface area contributed by atoms with Crippen LogP contribution in [0.15, 0.2) is 18.2 Å². The molecule has 0 unspecified atom stereocenters. The van der Waals surface area contributed by atoms with Gasteiger partial charge in [0.1, 0.15) is 6.54 Å². The van der Waals surface area contributed by atoms with Crippen molar-refractivity contribution in [1.29, 1.82) is 0 Å². The predicted molar refractivity (Wildman–Crippen MR) is 98.6 cm³/mol. The van der Waals surface area contributed by atoms with Gasteiger partial charge in [-0.05, 0) is 37.1 Å². The summed E-state index contributed by atoms with van der Waals surface area (Å²) in [4.78, 5) is 14.4. The molecule has 0 aromatic heterocycles. The van der Waals surface area contributed by atoms with Crippen LogP contribution in [0.3, 0.4) is 0 Å². The Kier molecular flexibility index (Phi) is 5.28. The Bertz CT molecular complexity index is 757. The summed E-state index contributed by atoms with van der Waals surface area (Å²) in [6.07, 6.45) is 2.35. The topological polar surface area (TPSA) is 76.2 Å². The summed E-state index contributed by atoms with van der Waals surface area (Å²) in [6, 6.07) is 5.54. The summed E-state index contributed by atoms with van der Waals surface area (Å²) < 4.78 is 37.1. The average Bonchev–Trinajstić information content (AvgIpc) is 2.99. The van der Waals surface area contributed by atoms with Crippen LogP contribution in [-0.2, 0) is 24.3 Å². The highest BCUT2D eigenvalue weighted by Gasteiger charge is 2.41. The van der Waals surface area contributed by atoms with Crippen LogP contribution in [-0.4, -0.2) is 64.1 Å². The number of amides is 1. The number of nitrogens with zero attached hydrogens (tertiary/aromatic N) is 2. The number of aryl methyl sites for hydroxylation is 2. The maximum Gasteiger partial charge on any atom is 0.243 e. The molecule has 8 heteroatoms. The number of piperidine rings is 1. The second-order valence-electron chi connectivity index (χ2n) is 7.10. The van der Waals surface area contributed by atoms with E-state index in [2.05, 4.69) is 0 Å². The molecule has 0 aliphatic carbocycles. The molecule has 1 aromatic carbocycles. The first-order valence-electron chi connectivity index (χ1n) is 8.80. The molecule has 7 nitrogen and oxygen atoms in total. The Morgan fingerprint density at radius 1 is 1.12 bits per heavy atom. The molecule has 1 amide bonds. The monoisotopic (exact) mass is 382 g/mol. The number of benzene rings is 1. The van der Waals surface area contributed by atoms with Crippen molar-refractivity contribution in [1.82, 2.24) is 4.90 Å². The Morgan fingerprint density at radius 3 is 2.15 bits per heavy atom. The Hall–Kier alpha value is -1.64. The van der Waals surface area contributed by atoms with Gasteiger partial charge in [-0.25, -0.2) is 8.42 Å². The number of anilines is 1. The third-order valence-corrected chi connectivity index (χ3v) is 6.01. The lowest BCUT2D eigenvalue weighted by Crippen LogP contribution is -2.50. The van der Waals surface area contributed by atoms with Crippen LogP contribution >= 0.6 is 0 Å². The van der Waals surface area contributed by atoms with E-state index in [1.54, 1.807) is 17.0 Å². The Morgan fingerprint density at radius 2 is 1.65 bits per heavy atom. The quantitative estimate of drug-likeness (QED) is 0.788. The van der Waals surface area contributed by atoms with Gasteiger partial charge in [0.15, 0.2) is 5.79 Å². The molecule has 0 atom stereocenters. The molecule has 2 saturated heterocycles. The van der Waals surface area contributed by atoms with Gasteiger partial charge >= 0.3 is 0 Å². The van der Waals surface area contributed by atoms with Gasteiger partial charge in [-0.1, -0.05) is 6.07 Å². The normalized spacial score (nSPS) is 19.7. The number of sulfonamides is 1. The van der Waals surface area contributed by atoms with Gasteiger partial charge in [0.25, 0.3) is 0 Å². The molecule has 0 radical (unpaired) electrons. The van der Waals surface area contributed by atoms with Gasteiger partial charge in [-0.15, -0.1) is 0 Å². The lowest BCUT2D eigenvalue weighted by Gasteiger charge is -2.38. The van der Waals surface area contributed by atoms with E-state index >= 15 is 0 Å². The van der Waals surface area contributed by atoms with Crippen LogP contribution in [0.25, 0.3) is 0 Å².